The average Bonchev–Trinajstić information content (AvgIpc) is 2.82. The summed E-state index contributed by atoms with van der Waals surface area (Å²) in [6.45, 7) is 0.459. The van der Waals surface area contributed by atoms with Crippen molar-refractivity contribution in [3.05, 3.63) is 53.6 Å². The number of benzene rings is 2. The first kappa shape index (κ1) is 23.9. The van der Waals surface area contributed by atoms with Crippen molar-refractivity contribution in [1.82, 2.24) is 4.31 Å². The van der Waals surface area contributed by atoms with Crippen LogP contribution in [0.1, 0.15) is 38.5 Å². The van der Waals surface area contributed by atoms with Crippen LogP contribution in [0.4, 0.5) is 0 Å². The third kappa shape index (κ3) is 5.81. The number of amides is 1. The maximum Gasteiger partial charge on any atom is 0.250 e. The van der Waals surface area contributed by atoms with Crippen LogP contribution in [-0.4, -0.2) is 48.6 Å². The second-order valence-electron chi connectivity index (χ2n) is 8.46. The number of hydrogen-bond donors (Lipinski definition) is 1. The molecule has 2 aromatic carbocycles. The maximum absolute atomic E-state index is 13.3. The molecule has 1 atom stereocenters. The van der Waals surface area contributed by atoms with Crippen molar-refractivity contribution >= 4 is 33.2 Å². The molecule has 4 rings (SSSR count). The van der Waals surface area contributed by atoms with Gasteiger partial charge < -0.3 is 9.84 Å². The Morgan fingerprint density at radius 3 is 2.61 bits per heavy atom. The topological polar surface area (TPSA) is 96.3 Å². The van der Waals surface area contributed by atoms with Gasteiger partial charge in [0.05, 0.1) is 21.9 Å². The molecule has 33 heavy (non-hydrogen) atoms. The Bertz CT molecular complexity index is 1140. The Balaban J connectivity index is 1.47. The van der Waals surface area contributed by atoms with Crippen molar-refractivity contribution in [2.24, 2.45) is 10.9 Å². The van der Waals surface area contributed by atoms with Crippen molar-refractivity contribution in [3.63, 3.8) is 0 Å². The summed E-state index contributed by atoms with van der Waals surface area (Å²) < 4.78 is 33.8. The average molecular weight is 491 g/mol. The number of carbonyl (C=O) groups is 1. The summed E-state index contributed by atoms with van der Waals surface area (Å²) in [7, 11) is -3.81. The van der Waals surface area contributed by atoms with Crippen LogP contribution in [0, 0.1) is 5.92 Å². The minimum atomic E-state index is -3.81. The van der Waals surface area contributed by atoms with Crippen molar-refractivity contribution in [1.29, 1.82) is 0 Å². The zero-order valence-electron chi connectivity index (χ0n) is 18.2. The molecule has 1 amide bonds. The van der Waals surface area contributed by atoms with Gasteiger partial charge in [-0.25, -0.2) is 13.4 Å². The Morgan fingerprint density at radius 1 is 1.09 bits per heavy atom. The number of rotatable bonds is 5. The molecule has 0 aromatic heterocycles. The monoisotopic (exact) mass is 490 g/mol. The minimum absolute atomic E-state index is 0.104. The van der Waals surface area contributed by atoms with Crippen LogP contribution >= 0.6 is 11.6 Å². The highest BCUT2D eigenvalue weighted by atomic mass is 35.5. The van der Waals surface area contributed by atoms with E-state index in [1.807, 2.05) is 0 Å². The zero-order valence-corrected chi connectivity index (χ0v) is 19.8. The largest absolute Gasteiger partial charge is 0.456 e. The number of nitrogens with zero attached hydrogens (tertiary/aromatic N) is 2. The van der Waals surface area contributed by atoms with Crippen molar-refractivity contribution < 1.29 is 23.1 Å². The van der Waals surface area contributed by atoms with Gasteiger partial charge in [-0.15, -0.1) is 0 Å². The molecule has 1 N–H and O–H groups in total. The van der Waals surface area contributed by atoms with Gasteiger partial charge in [-0.1, -0.05) is 29.8 Å². The van der Waals surface area contributed by atoms with Gasteiger partial charge in [0.1, 0.15) is 11.5 Å². The standard InChI is InChI=1S/C24H27ClN2O5S/c25-22-8-1-2-9-23(22)32-20-6-3-7-21(15-20)33(30,31)27-14-4-5-17(16-27)24(29)26-18-10-12-19(28)13-11-18/h1-3,6-9,15,17,19,28H,4-5,10-14,16H2/t17-,19?/m0/s1. The molecule has 0 bridgehead atoms. The molecular formula is C24H27ClN2O5S. The molecule has 1 heterocycles. The number of carbonyl (C=O) groups excluding carboxylic acids is 1. The van der Waals surface area contributed by atoms with Gasteiger partial charge in [-0.2, -0.15) is 4.31 Å². The lowest BCUT2D eigenvalue weighted by Gasteiger charge is -2.30. The van der Waals surface area contributed by atoms with Gasteiger partial charge in [-0.05, 0) is 62.8 Å². The van der Waals surface area contributed by atoms with Gasteiger partial charge in [0.2, 0.25) is 15.9 Å². The fourth-order valence-electron chi connectivity index (χ4n) is 4.16. The highest BCUT2D eigenvalue weighted by Crippen LogP contribution is 2.31. The van der Waals surface area contributed by atoms with E-state index >= 15 is 0 Å². The third-order valence-corrected chi connectivity index (χ3v) is 8.22. The van der Waals surface area contributed by atoms with E-state index in [1.54, 1.807) is 36.4 Å². The molecule has 9 heteroatoms. The molecule has 1 saturated heterocycles. The highest BCUT2D eigenvalue weighted by Gasteiger charge is 2.33. The Labute approximate surface area is 199 Å². The third-order valence-electron chi connectivity index (χ3n) is 6.04. The fraction of sp³-hybridized carbons (Fsp3) is 0.417. The summed E-state index contributed by atoms with van der Waals surface area (Å²) in [6, 6.07) is 13.3. The first-order valence-electron chi connectivity index (χ1n) is 11.1. The molecule has 1 saturated carbocycles. The summed E-state index contributed by atoms with van der Waals surface area (Å²) in [5, 5.41) is 10.1. The molecule has 2 aromatic rings. The fourth-order valence-corrected chi connectivity index (χ4v) is 5.89. The minimum Gasteiger partial charge on any atom is -0.456 e. The predicted molar refractivity (Wildman–Crippen MR) is 126 cm³/mol. The molecule has 2 aliphatic rings. The van der Waals surface area contributed by atoms with Crippen molar-refractivity contribution in [3.8, 4) is 11.5 Å². The van der Waals surface area contributed by atoms with Crippen LogP contribution in [0.2, 0.25) is 5.02 Å². The normalized spacial score (nSPS) is 22.1. The first-order chi connectivity index (χ1) is 15.8. The quantitative estimate of drug-likeness (QED) is 0.668. The lowest BCUT2D eigenvalue weighted by molar-refractivity contribution is -0.122. The number of sulfonamides is 1. The number of halogens is 1. The summed E-state index contributed by atoms with van der Waals surface area (Å²) >= 11 is 6.14. The van der Waals surface area contributed by atoms with Gasteiger partial charge in [0.25, 0.3) is 0 Å². The summed E-state index contributed by atoms with van der Waals surface area (Å²) in [5.74, 6) is 0.0684. The Hall–Kier alpha value is -2.26. The first-order valence-corrected chi connectivity index (χ1v) is 13.0. The molecule has 0 spiro atoms. The molecule has 1 aliphatic carbocycles. The van der Waals surface area contributed by atoms with E-state index in [9.17, 15) is 18.3 Å². The van der Waals surface area contributed by atoms with Crippen LogP contribution in [-0.2, 0) is 14.8 Å². The number of aliphatic hydroxyl groups excluding tert-OH is 1. The zero-order chi connectivity index (χ0) is 23.4. The molecule has 2 fully saturated rings. The van der Waals surface area contributed by atoms with E-state index in [0.717, 1.165) is 5.71 Å². The number of hydrogen-bond acceptors (Lipinski definition) is 5. The van der Waals surface area contributed by atoms with Crippen molar-refractivity contribution in [2.45, 2.75) is 49.5 Å². The summed E-state index contributed by atoms with van der Waals surface area (Å²) in [6.07, 6.45) is 3.33. The molecule has 0 radical (unpaired) electrons. The number of para-hydroxylation sites is 1. The lowest BCUT2D eigenvalue weighted by atomic mass is 9.95. The maximum atomic E-state index is 13.3. The number of piperidine rings is 1. The SMILES string of the molecule is O=C(N=C1CCC(O)CC1)[C@H]1CCCN(S(=O)(=O)c2cccc(Oc3ccccc3Cl)c2)C1. The molecular weight excluding hydrogens is 464 g/mol. The van der Waals surface area contributed by atoms with E-state index in [1.165, 1.54) is 16.4 Å². The summed E-state index contributed by atoms with van der Waals surface area (Å²) in [4.78, 5) is 17.1. The van der Waals surface area contributed by atoms with E-state index in [4.69, 9.17) is 16.3 Å². The van der Waals surface area contributed by atoms with Gasteiger partial charge in [0.15, 0.2) is 0 Å². The lowest BCUT2D eigenvalue weighted by Crippen LogP contribution is -2.42. The van der Waals surface area contributed by atoms with E-state index in [0.29, 0.717) is 61.6 Å². The smallest absolute Gasteiger partial charge is 0.250 e. The number of ether oxygens (including phenoxy) is 1. The van der Waals surface area contributed by atoms with Crippen LogP contribution in [0.25, 0.3) is 0 Å². The summed E-state index contributed by atoms with van der Waals surface area (Å²) in [5.41, 5.74) is 0.801. The number of aliphatic imine (C=N–C) groups is 1. The van der Waals surface area contributed by atoms with Gasteiger partial charge >= 0.3 is 0 Å². The molecule has 7 nitrogen and oxygen atoms in total. The second-order valence-corrected chi connectivity index (χ2v) is 10.8. The van der Waals surface area contributed by atoms with Crippen LogP contribution in [0.15, 0.2) is 58.4 Å². The molecule has 0 unspecified atom stereocenters. The molecule has 1 aliphatic heterocycles. The number of aliphatic hydroxyl groups is 1. The highest BCUT2D eigenvalue weighted by molar-refractivity contribution is 7.89. The van der Waals surface area contributed by atoms with Crippen LogP contribution in [0.5, 0.6) is 11.5 Å². The van der Waals surface area contributed by atoms with Gasteiger partial charge in [-0.3, -0.25) is 4.79 Å². The van der Waals surface area contributed by atoms with Gasteiger partial charge in [0, 0.05) is 24.9 Å². The molecule has 176 valence electrons. The Morgan fingerprint density at radius 2 is 1.85 bits per heavy atom. The van der Waals surface area contributed by atoms with E-state index in [2.05, 4.69) is 4.99 Å². The predicted octanol–water partition coefficient (Wildman–Crippen LogP) is 4.44. The second kappa shape index (κ2) is 10.3. The van der Waals surface area contributed by atoms with E-state index < -0.39 is 15.9 Å². The van der Waals surface area contributed by atoms with Crippen LogP contribution in [0.3, 0.4) is 0 Å². The van der Waals surface area contributed by atoms with E-state index in [-0.39, 0.29) is 23.5 Å². The van der Waals surface area contributed by atoms with Crippen LogP contribution < -0.4 is 4.74 Å². The Kier molecular flexibility index (Phi) is 7.48. The van der Waals surface area contributed by atoms with Crippen molar-refractivity contribution in [2.75, 3.05) is 13.1 Å².